The van der Waals surface area contributed by atoms with Gasteiger partial charge in [0.2, 0.25) is 0 Å². The van der Waals surface area contributed by atoms with Crippen LogP contribution in [0.15, 0.2) is 49.1 Å². The summed E-state index contributed by atoms with van der Waals surface area (Å²) in [5.74, 6) is 0. The van der Waals surface area contributed by atoms with Crippen molar-refractivity contribution in [1.82, 2.24) is 15.3 Å². The summed E-state index contributed by atoms with van der Waals surface area (Å²) in [6.07, 6.45) is 8.39. The minimum absolute atomic E-state index is 0.338. The SMILES string of the molecule is CC(NCCc1ccncc1)c1cccnc1. The number of pyridine rings is 2. The first kappa shape index (κ1) is 11.7. The molecule has 2 aromatic heterocycles. The second-order valence-corrected chi connectivity index (χ2v) is 4.07. The van der Waals surface area contributed by atoms with Crippen molar-refractivity contribution in [3.8, 4) is 0 Å². The zero-order valence-corrected chi connectivity index (χ0v) is 10.0. The summed E-state index contributed by atoms with van der Waals surface area (Å²) >= 11 is 0. The maximum absolute atomic E-state index is 4.12. The first-order chi connectivity index (χ1) is 8.36. The number of rotatable bonds is 5. The summed E-state index contributed by atoms with van der Waals surface area (Å²) in [5, 5.41) is 3.49. The van der Waals surface area contributed by atoms with Gasteiger partial charge < -0.3 is 5.32 Å². The van der Waals surface area contributed by atoms with Crippen LogP contribution < -0.4 is 5.32 Å². The maximum atomic E-state index is 4.12. The minimum Gasteiger partial charge on any atom is -0.310 e. The Hall–Kier alpha value is -1.74. The van der Waals surface area contributed by atoms with Crippen LogP contribution in [-0.2, 0) is 6.42 Å². The fourth-order valence-electron chi connectivity index (χ4n) is 1.73. The zero-order valence-electron chi connectivity index (χ0n) is 10.0. The lowest BCUT2D eigenvalue weighted by molar-refractivity contribution is 0.575. The van der Waals surface area contributed by atoms with E-state index in [4.69, 9.17) is 0 Å². The zero-order chi connectivity index (χ0) is 11.9. The quantitative estimate of drug-likeness (QED) is 0.852. The fraction of sp³-hybridized carbons (Fsp3) is 0.286. The normalized spacial score (nSPS) is 12.3. The lowest BCUT2D eigenvalue weighted by atomic mass is 10.1. The highest BCUT2D eigenvalue weighted by Gasteiger charge is 2.03. The number of hydrogen-bond donors (Lipinski definition) is 1. The van der Waals surface area contributed by atoms with Gasteiger partial charge in [0.15, 0.2) is 0 Å². The third kappa shape index (κ3) is 3.64. The Balaban J connectivity index is 1.79. The summed E-state index contributed by atoms with van der Waals surface area (Å²) in [7, 11) is 0. The van der Waals surface area contributed by atoms with Crippen LogP contribution in [0, 0.1) is 0 Å². The minimum atomic E-state index is 0.338. The first-order valence-corrected chi connectivity index (χ1v) is 5.88. The predicted molar refractivity (Wildman–Crippen MR) is 68.6 cm³/mol. The van der Waals surface area contributed by atoms with Crippen molar-refractivity contribution < 1.29 is 0 Å². The van der Waals surface area contributed by atoms with Crippen molar-refractivity contribution in [2.24, 2.45) is 0 Å². The summed E-state index contributed by atoms with van der Waals surface area (Å²) in [6.45, 7) is 3.11. The molecule has 3 heteroatoms. The molecule has 2 rings (SSSR count). The van der Waals surface area contributed by atoms with Crippen LogP contribution in [0.2, 0.25) is 0 Å². The summed E-state index contributed by atoms with van der Waals surface area (Å²) in [6, 6.07) is 8.51. The van der Waals surface area contributed by atoms with Crippen molar-refractivity contribution in [3.63, 3.8) is 0 Å². The standard InChI is InChI=1S/C14H17N3/c1-12(14-3-2-7-16-11-14)17-10-6-13-4-8-15-9-5-13/h2-5,7-9,11-12,17H,6,10H2,1H3. The van der Waals surface area contributed by atoms with Crippen molar-refractivity contribution in [2.75, 3.05) is 6.54 Å². The fourth-order valence-corrected chi connectivity index (χ4v) is 1.73. The summed E-state index contributed by atoms with van der Waals surface area (Å²) in [4.78, 5) is 8.13. The summed E-state index contributed by atoms with van der Waals surface area (Å²) in [5.41, 5.74) is 2.54. The van der Waals surface area contributed by atoms with Gasteiger partial charge >= 0.3 is 0 Å². The van der Waals surface area contributed by atoms with Gasteiger partial charge in [-0.05, 0) is 49.2 Å². The van der Waals surface area contributed by atoms with Crippen LogP contribution in [0.25, 0.3) is 0 Å². The van der Waals surface area contributed by atoms with Crippen molar-refractivity contribution in [2.45, 2.75) is 19.4 Å². The van der Waals surface area contributed by atoms with Crippen LogP contribution in [0.4, 0.5) is 0 Å². The number of hydrogen-bond acceptors (Lipinski definition) is 3. The van der Waals surface area contributed by atoms with E-state index in [2.05, 4.69) is 40.4 Å². The van der Waals surface area contributed by atoms with E-state index in [1.165, 1.54) is 11.1 Å². The molecule has 0 fully saturated rings. The number of aromatic nitrogens is 2. The molecule has 0 saturated heterocycles. The molecule has 3 nitrogen and oxygen atoms in total. The number of nitrogens with one attached hydrogen (secondary N) is 1. The van der Waals surface area contributed by atoms with Gasteiger partial charge in [0.1, 0.15) is 0 Å². The molecule has 0 aromatic carbocycles. The van der Waals surface area contributed by atoms with Crippen LogP contribution in [0.3, 0.4) is 0 Å². The van der Waals surface area contributed by atoms with Crippen molar-refractivity contribution in [1.29, 1.82) is 0 Å². The van der Waals surface area contributed by atoms with E-state index in [1.54, 1.807) is 6.20 Å². The van der Waals surface area contributed by atoms with Gasteiger partial charge in [-0.3, -0.25) is 9.97 Å². The molecule has 88 valence electrons. The van der Waals surface area contributed by atoms with Crippen LogP contribution in [0.1, 0.15) is 24.1 Å². The molecule has 0 bridgehead atoms. The average Bonchev–Trinajstić information content (AvgIpc) is 2.41. The van der Waals surface area contributed by atoms with Crippen LogP contribution in [0.5, 0.6) is 0 Å². The van der Waals surface area contributed by atoms with Gasteiger partial charge in [-0.25, -0.2) is 0 Å². The molecular formula is C14H17N3. The van der Waals surface area contributed by atoms with Gasteiger partial charge in [0.25, 0.3) is 0 Å². The molecule has 1 atom stereocenters. The molecule has 0 saturated carbocycles. The van der Waals surface area contributed by atoms with Gasteiger partial charge in [-0.1, -0.05) is 6.07 Å². The van der Waals surface area contributed by atoms with E-state index < -0.39 is 0 Å². The first-order valence-electron chi connectivity index (χ1n) is 5.88. The molecule has 2 aromatic rings. The monoisotopic (exact) mass is 227 g/mol. The third-order valence-corrected chi connectivity index (χ3v) is 2.80. The Labute approximate surface area is 102 Å². The second-order valence-electron chi connectivity index (χ2n) is 4.07. The Morgan fingerprint density at radius 2 is 1.94 bits per heavy atom. The Morgan fingerprint density at radius 3 is 2.65 bits per heavy atom. The third-order valence-electron chi connectivity index (χ3n) is 2.80. The predicted octanol–water partition coefficient (Wildman–Crippen LogP) is 2.37. The second kappa shape index (κ2) is 6.11. The van der Waals surface area contributed by atoms with Crippen molar-refractivity contribution in [3.05, 3.63) is 60.2 Å². The smallest absolute Gasteiger partial charge is 0.0315 e. The van der Waals surface area contributed by atoms with Gasteiger partial charge in [-0.15, -0.1) is 0 Å². The van der Waals surface area contributed by atoms with Crippen molar-refractivity contribution >= 4 is 0 Å². The Bertz CT molecular complexity index is 428. The molecular weight excluding hydrogens is 210 g/mol. The molecule has 0 aliphatic carbocycles. The Kier molecular flexibility index (Phi) is 4.22. The largest absolute Gasteiger partial charge is 0.310 e. The highest BCUT2D eigenvalue weighted by molar-refractivity contribution is 5.13. The number of nitrogens with zero attached hydrogens (tertiary/aromatic N) is 2. The molecule has 0 radical (unpaired) electrons. The lowest BCUT2D eigenvalue weighted by Gasteiger charge is -2.13. The van der Waals surface area contributed by atoms with E-state index in [1.807, 2.05) is 24.7 Å². The van der Waals surface area contributed by atoms with E-state index in [-0.39, 0.29) is 0 Å². The molecule has 0 spiro atoms. The Morgan fingerprint density at radius 1 is 1.12 bits per heavy atom. The van der Waals surface area contributed by atoms with Crippen LogP contribution in [-0.4, -0.2) is 16.5 Å². The lowest BCUT2D eigenvalue weighted by Crippen LogP contribution is -2.21. The molecule has 2 heterocycles. The maximum Gasteiger partial charge on any atom is 0.0315 e. The van der Waals surface area contributed by atoms with E-state index in [0.29, 0.717) is 6.04 Å². The van der Waals surface area contributed by atoms with Gasteiger partial charge in [0, 0.05) is 30.8 Å². The molecule has 0 amide bonds. The van der Waals surface area contributed by atoms with E-state index >= 15 is 0 Å². The van der Waals surface area contributed by atoms with Gasteiger partial charge in [-0.2, -0.15) is 0 Å². The van der Waals surface area contributed by atoms with Gasteiger partial charge in [0.05, 0.1) is 0 Å². The van der Waals surface area contributed by atoms with E-state index in [9.17, 15) is 0 Å². The highest BCUT2D eigenvalue weighted by atomic mass is 14.9. The topological polar surface area (TPSA) is 37.8 Å². The molecule has 0 aliphatic heterocycles. The van der Waals surface area contributed by atoms with E-state index in [0.717, 1.165) is 13.0 Å². The highest BCUT2D eigenvalue weighted by Crippen LogP contribution is 2.09. The molecule has 1 unspecified atom stereocenters. The average molecular weight is 227 g/mol. The summed E-state index contributed by atoms with van der Waals surface area (Å²) < 4.78 is 0. The molecule has 1 N–H and O–H groups in total. The molecule has 0 aliphatic rings. The van der Waals surface area contributed by atoms with Crippen LogP contribution >= 0.6 is 0 Å². The molecule has 17 heavy (non-hydrogen) atoms.